The fourth-order valence-electron chi connectivity index (χ4n) is 2.78. The van der Waals surface area contributed by atoms with Gasteiger partial charge in [0, 0.05) is 0 Å². The van der Waals surface area contributed by atoms with E-state index < -0.39 is 0 Å². The monoisotopic (exact) mass is 338 g/mol. The first kappa shape index (κ1) is 16.8. The van der Waals surface area contributed by atoms with Gasteiger partial charge in [-0.1, -0.05) is 26.0 Å². The summed E-state index contributed by atoms with van der Waals surface area (Å²) in [7, 11) is 0. The molecule has 0 fully saturated rings. The number of aryl methyl sites for hydroxylation is 1. The lowest BCUT2D eigenvalue weighted by molar-refractivity contribution is 0.543. The Labute approximate surface area is 145 Å². The number of anilines is 1. The van der Waals surface area contributed by atoms with E-state index in [4.69, 9.17) is 5.26 Å². The Balaban J connectivity index is 1.93. The topological polar surface area (TPSA) is 79.4 Å². The van der Waals surface area contributed by atoms with Crippen molar-refractivity contribution in [2.45, 2.75) is 32.9 Å². The zero-order chi connectivity index (χ0) is 17.8. The van der Waals surface area contributed by atoms with E-state index in [9.17, 15) is 4.39 Å². The molecule has 0 aliphatic rings. The fourth-order valence-corrected chi connectivity index (χ4v) is 2.78. The number of halogens is 1. The van der Waals surface area contributed by atoms with Crippen LogP contribution in [0.4, 0.5) is 10.2 Å². The molecule has 25 heavy (non-hydrogen) atoms. The molecule has 3 aromatic rings. The SMILES string of the molecule is CC(C)[C@@H](Nc1ncnc2c1cnn2CCC#N)c1ccc(F)cc1. The predicted molar refractivity (Wildman–Crippen MR) is 93.2 cm³/mol. The molecule has 0 amide bonds. The van der Waals surface area contributed by atoms with Gasteiger partial charge in [0.2, 0.25) is 0 Å². The highest BCUT2D eigenvalue weighted by molar-refractivity contribution is 5.86. The molecule has 0 aliphatic carbocycles. The van der Waals surface area contributed by atoms with Crippen LogP contribution in [0.5, 0.6) is 0 Å². The lowest BCUT2D eigenvalue weighted by Gasteiger charge is -2.23. The summed E-state index contributed by atoms with van der Waals surface area (Å²) < 4.78 is 14.9. The van der Waals surface area contributed by atoms with Crippen LogP contribution < -0.4 is 5.32 Å². The Kier molecular flexibility index (Phi) is 4.89. The van der Waals surface area contributed by atoms with E-state index in [-0.39, 0.29) is 17.8 Å². The molecule has 7 heteroatoms. The lowest BCUT2D eigenvalue weighted by Crippen LogP contribution is -2.18. The van der Waals surface area contributed by atoms with Gasteiger partial charge in [-0.05, 0) is 23.6 Å². The maximum atomic E-state index is 13.2. The molecule has 0 spiro atoms. The van der Waals surface area contributed by atoms with Crippen LogP contribution in [-0.4, -0.2) is 19.7 Å². The minimum absolute atomic E-state index is 0.0267. The average molecular weight is 338 g/mol. The maximum absolute atomic E-state index is 13.2. The highest BCUT2D eigenvalue weighted by Gasteiger charge is 2.19. The quantitative estimate of drug-likeness (QED) is 0.741. The molecule has 2 heterocycles. The highest BCUT2D eigenvalue weighted by Crippen LogP contribution is 2.29. The van der Waals surface area contributed by atoms with E-state index in [1.54, 1.807) is 23.0 Å². The third kappa shape index (κ3) is 3.58. The zero-order valence-electron chi connectivity index (χ0n) is 14.1. The molecule has 3 rings (SSSR count). The van der Waals surface area contributed by atoms with Crippen LogP contribution in [-0.2, 0) is 6.54 Å². The molecular weight excluding hydrogens is 319 g/mol. The first-order valence-electron chi connectivity index (χ1n) is 8.15. The molecule has 1 aromatic carbocycles. The largest absolute Gasteiger partial charge is 0.362 e. The van der Waals surface area contributed by atoms with Crippen molar-refractivity contribution in [3.63, 3.8) is 0 Å². The van der Waals surface area contributed by atoms with E-state index in [2.05, 4.69) is 40.3 Å². The standard InChI is InChI=1S/C18H19FN6/c1-12(2)16(13-4-6-14(19)7-5-13)24-17-15-10-23-25(9-3-8-20)18(15)22-11-21-17/h4-7,10-12,16H,3,9H2,1-2H3,(H,21,22,24)/t16-/m1/s1. The Hall–Kier alpha value is -3.01. The molecule has 0 saturated heterocycles. The first-order chi connectivity index (χ1) is 12.1. The smallest absolute Gasteiger partial charge is 0.163 e. The summed E-state index contributed by atoms with van der Waals surface area (Å²) in [4.78, 5) is 8.63. The van der Waals surface area contributed by atoms with Gasteiger partial charge >= 0.3 is 0 Å². The Bertz CT molecular complexity index is 894. The Morgan fingerprint density at radius 1 is 1.24 bits per heavy atom. The second-order valence-electron chi connectivity index (χ2n) is 6.15. The summed E-state index contributed by atoms with van der Waals surface area (Å²) in [6.45, 7) is 4.67. The van der Waals surface area contributed by atoms with Crippen molar-refractivity contribution in [3.8, 4) is 6.07 Å². The van der Waals surface area contributed by atoms with Gasteiger partial charge in [-0.15, -0.1) is 0 Å². The summed E-state index contributed by atoms with van der Waals surface area (Å²) in [5.41, 5.74) is 1.68. The van der Waals surface area contributed by atoms with Crippen LogP contribution in [0.15, 0.2) is 36.8 Å². The average Bonchev–Trinajstić information content (AvgIpc) is 3.02. The van der Waals surface area contributed by atoms with Crippen LogP contribution >= 0.6 is 0 Å². The number of aromatic nitrogens is 4. The van der Waals surface area contributed by atoms with Crippen molar-refractivity contribution in [1.29, 1.82) is 5.26 Å². The van der Waals surface area contributed by atoms with Gasteiger partial charge in [0.1, 0.15) is 18.0 Å². The van der Waals surface area contributed by atoms with Gasteiger partial charge in [0.15, 0.2) is 5.65 Å². The zero-order valence-corrected chi connectivity index (χ0v) is 14.1. The van der Waals surface area contributed by atoms with Crippen LogP contribution in [0.3, 0.4) is 0 Å². The second kappa shape index (κ2) is 7.26. The molecular formula is C18H19FN6. The van der Waals surface area contributed by atoms with Gasteiger partial charge in [0.05, 0.1) is 36.7 Å². The molecule has 2 aromatic heterocycles. The van der Waals surface area contributed by atoms with Crippen molar-refractivity contribution >= 4 is 16.9 Å². The Morgan fingerprint density at radius 2 is 2.00 bits per heavy atom. The molecule has 1 N–H and O–H groups in total. The van der Waals surface area contributed by atoms with Crippen molar-refractivity contribution < 1.29 is 4.39 Å². The minimum atomic E-state index is -0.255. The molecule has 0 unspecified atom stereocenters. The van der Waals surface area contributed by atoms with Gasteiger partial charge in [0.25, 0.3) is 0 Å². The van der Waals surface area contributed by atoms with Gasteiger partial charge in [-0.25, -0.2) is 19.0 Å². The van der Waals surface area contributed by atoms with Crippen molar-refractivity contribution in [3.05, 3.63) is 48.2 Å². The number of nitriles is 1. The van der Waals surface area contributed by atoms with Crippen molar-refractivity contribution in [2.75, 3.05) is 5.32 Å². The van der Waals surface area contributed by atoms with Crippen molar-refractivity contribution in [2.24, 2.45) is 5.92 Å². The number of hydrogen-bond donors (Lipinski definition) is 1. The number of nitrogens with one attached hydrogen (secondary N) is 1. The third-order valence-electron chi connectivity index (χ3n) is 4.06. The first-order valence-corrected chi connectivity index (χ1v) is 8.15. The Morgan fingerprint density at radius 3 is 2.68 bits per heavy atom. The van der Waals surface area contributed by atoms with Crippen LogP contribution in [0.2, 0.25) is 0 Å². The van der Waals surface area contributed by atoms with E-state index in [0.717, 1.165) is 10.9 Å². The number of benzene rings is 1. The maximum Gasteiger partial charge on any atom is 0.163 e. The summed E-state index contributed by atoms with van der Waals surface area (Å²) in [6.07, 6.45) is 3.56. The second-order valence-corrected chi connectivity index (χ2v) is 6.15. The summed E-state index contributed by atoms with van der Waals surface area (Å²) in [5, 5.41) is 17.3. The minimum Gasteiger partial charge on any atom is -0.362 e. The molecule has 0 aliphatic heterocycles. The number of rotatable bonds is 6. The summed E-state index contributed by atoms with van der Waals surface area (Å²) in [6, 6.07) is 8.56. The van der Waals surface area contributed by atoms with Crippen LogP contribution in [0.25, 0.3) is 11.0 Å². The van der Waals surface area contributed by atoms with Gasteiger partial charge < -0.3 is 5.32 Å². The van der Waals surface area contributed by atoms with Crippen LogP contribution in [0, 0.1) is 23.1 Å². The van der Waals surface area contributed by atoms with E-state index >= 15 is 0 Å². The predicted octanol–water partition coefficient (Wildman–Crippen LogP) is 3.69. The van der Waals surface area contributed by atoms with Gasteiger partial charge in [-0.2, -0.15) is 10.4 Å². The van der Waals surface area contributed by atoms with Gasteiger partial charge in [-0.3, -0.25) is 0 Å². The normalized spacial score (nSPS) is 12.3. The summed E-state index contributed by atoms with van der Waals surface area (Å²) >= 11 is 0. The number of nitrogens with zero attached hydrogens (tertiary/aromatic N) is 5. The van der Waals surface area contributed by atoms with E-state index in [1.165, 1.54) is 18.5 Å². The number of fused-ring (bicyclic) bond motifs is 1. The molecule has 0 bridgehead atoms. The van der Waals surface area contributed by atoms with Crippen LogP contribution in [0.1, 0.15) is 31.9 Å². The fraction of sp³-hybridized carbons (Fsp3) is 0.333. The highest BCUT2D eigenvalue weighted by atomic mass is 19.1. The van der Waals surface area contributed by atoms with E-state index in [0.29, 0.717) is 24.4 Å². The molecule has 0 saturated carbocycles. The molecule has 128 valence electrons. The molecule has 1 atom stereocenters. The summed E-state index contributed by atoms with van der Waals surface area (Å²) in [5.74, 6) is 0.690. The van der Waals surface area contributed by atoms with E-state index in [1.807, 2.05) is 0 Å². The van der Waals surface area contributed by atoms with Crippen molar-refractivity contribution in [1.82, 2.24) is 19.7 Å². The third-order valence-corrected chi connectivity index (χ3v) is 4.06. The number of hydrogen-bond acceptors (Lipinski definition) is 5. The molecule has 0 radical (unpaired) electrons. The lowest BCUT2D eigenvalue weighted by atomic mass is 9.96. The molecule has 6 nitrogen and oxygen atoms in total.